The van der Waals surface area contributed by atoms with Crippen LogP contribution in [-0.4, -0.2) is 50.2 Å². The molecule has 0 saturated carbocycles. The fourth-order valence-electron chi connectivity index (χ4n) is 3.95. The first-order valence-corrected chi connectivity index (χ1v) is 13.4. The number of carbonyl (C=O) groups excluding carboxylic acids is 2. The van der Waals surface area contributed by atoms with Gasteiger partial charge in [-0.1, -0.05) is 48.2 Å². The number of urea groups is 1. The van der Waals surface area contributed by atoms with Crippen LogP contribution in [0.15, 0.2) is 83.2 Å². The van der Waals surface area contributed by atoms with Crippen LogP contribution in [0.4, 0.5) is 23.7 Å². The number of alkyl halides is 3. The first kappa shape index (κ1) is 28.5. The summed E-state index contributed by atoms with van der Waals surface area (Å²) in [5.41, 5.74) is 6.78. The van der Waals surface area contributed by atoms with Crippen molar-refractivity contribution in [3.63, 3.8) is 0 Å². The molecule has 0 radical (unpaired) electrons. The first-order chi connectivity index (χ1) is 20.1. The summed E-state index contributed by atoms with van der Waals surface area (Å²) in [6, 6.07) is 17.3. The zero-order chi connectivity index (χ0) is 29.9. The van der Waals surface area contributed by atoms with Gasteiger partial charge in [0.05, 0.1) is 23.3 Å². The summed E-state index contributed by atoms with van der Waals surface area (Å²) < 4.78 is 42.4. The van der Waals surface area contributed by atoms with E-state index in [4.69, 9.17) is 0 Å². The molecule has 0 unspecified atom stereocenters. The molecule has 3 aromatic carbocycles. The van der Waals surface area contributed by atoms with Crippen LogP contribution in [-0.2, 0) is 4.79 Å². The number of halogens is 3. The number of aromatic nitrogens is 3. The Hall–Kier alpha value is -4.98. The van der Waals surface area contributed by atoms with Crippen molar-refractivity contribution < 1.29 is 27.5 Å². The van der Waals surface area contributed by atoms with E-state index in [2.05, 4.69) is 30.3 Å². The van der Waals surface area contributed by atoms with Crippen molar-refractivity contribution in [3.05, 3.63) is 89.7 Å². The molecule has 10 nitrogen and oxygen atoms in total. The quantitative estimate of drug-likeness (QED) is 0.229. The third-order valence-corrected chi connectivity index (χ3v) is 6.86. The van der Waals surface area contributed by atoms with Crippen LogP contribution in [0, 0.1) is 13.8 Å². The van der Waals surface area contributed by atoms with Crippen LogP contribution in [0.2, 0.25) is 0 Å². The number of rotatable bonds is 6. The number of benzene rings is 3. The van der Waals surface area contributed by atoms with Gasteiger partial charge in [-0.2, -0.15) is 10.1 Å². The molecule has 1 aromatic heterocycles. The number of anilines is 1. The highest BCUT2D eigenvalue weighted by atomic mass is 32.2. The van der Waals surface area contributed by atoms with Crippen molar-refractivity contribution in [2.75, 3.05) is 10.7 Å². The number of amides is 3. The van der Waals surface area contributed by atoms with Gasteiger partial charge < -0.3 is 4.74 Å². The number of nitrogens with zero attached hydrogens (tertiary/aromatic N) is 6. The Morgan fingerprint density at radius 2 is 1.81 bits per heavy atom. The number of hydrazone groups is 1. The largest absolute Gasteiger partial charge is 0.573 e. The van der Waals surface area contributed by atoms with Crippen LogP contribution >= 0.6 is 11.8 Å². The molecule has 1 fully saturated rings. The number of hydrogen-bond donors (Lipinski definition) is 1. The number of aliphatic imine (C=N–C) groups is 1. The average molecular weight is 594 g/mol. The van der Waals surface area contributed by atoms with Crippen LogP contribution in [0.25, 0.3) is 17.1 Å². The van der Waals surface area contributed by atoms with Crippen LogP contribution in [0.3, 0.4) is 0 Å². The minimum atomic E-state index is -4.77. The minimum Gasteiger partial charge on any atom is -0.406 e. The van der Waals surface area contributed by atoms with Gasteiger partial charge in [0.1, 0.15) is 12.1 Å². The average Bonchev–Trinajstić information content (AvgIpc) is 3.57. The summed E-state index contributed by atoms with van der Waals surface area (Å²) in [4.78, 5) is 34.7. The van der Waals surface area contributed by atoms with Crippen molar-refractivity contribution in [3.8, 4) is 22.8 Å². The summed E-state index contributed by atoms with van der Waals surface area (Å²) >= 11 is 1.18. The molecule has 4 aromatic rings. The Bertz CT molecular complexity index is 1680. The van der Waals surface area contributed by atoms with E-state index in [1.165, 1.54) is 58.2 Å². The van der Waals surface area contributed by atoms with Gasteiger partial charge in [0.15, 0.2) is 11.0 Å². The summed E-state index contributed by atoms with van der Waals surface area (Å²) in [6.07, 6.45) is -1.88. The van der Waals surface area contributed by atoms with Crippen molar-refractivity contribution in [2.45, 2.75) is 20.2 Å². The number of thioether (sulfide) groups is 1. The van der Waals surface area contributed by atoms with Gasteiger partial charge in [0.2, 0.25) is 5.91 Å². The second kappa shape index (κ2) is 11.9. The van der Waals surface area contributed by atoms with E-state index in [0.29, 0.717) is 28.3 Å². The van der Waals surface area contributed by atoms with E-state index in [1.807, 2.05) is 32.0 Å². The zero-order valence-electron chi connectivity index (χ0n) is 22.2. The Balaban J connectivity index is 1.20. The topological polar surface area (TPSA) is 114 Å². The van der Waals surface area contributed by atoms with Gasteiger partial charge in [-0.25, -0.2) is 19.9 Å². The molecule has 0 spiro atoms. The second-order valence-electron chi connectivity index (χ2n) is 9.05. The summed E-state index contributed by atoms with van der Waals surface area (Å²) in [6.45, 7) is 3.81. The van der Waals surface area contributed by atoms with Crippen molar-refractivity contribution in [2.24, 2.45) is 10.1 Å². The molecule has 1 aliphatic heterocycles. The number of aryl methyl sites for hydroxylation is 2. The second-order valence-corrected chi connectivity index (χ2v) is 10.00. The molecule has 214 valence electrons. The number of ether oxygens (including phenoxy) is 1. The van der Waals surface area contributed by atoms with Gasteiger partial charge in [0, 0.05) is 5.56 Å². The first-order valence-electron chi connectivity index (χ1n) is 12.4. The highest BCUT2D eigenvalue weighted by molar-refractivity contribution is 8.15. The molecule has 1 aliphatic rings. The van der Waals surface area contributed by atoms with Gasteiger partial charge in [0.25, 0.3) is 0 Å². The maximum Gasteiger partial charge on any atom is 0.573 e. The van der Waals surface area contributed by atoms with Crippen LogP contribution in [0.1, 0.15) is 16.7 Å². The van der Waals surface area contributed by atoms with E-state index in [0.717, 1.165) is 11.1 Å². The molecule has 0 bridgehead atoms. The lowest BCUT2D eigenvalue weighted by Crippen LogP contribution is -2.31. The molecule has 14 heteroatoms. The van der Waals surface area contributed by atoms with Crippen molar-refractivity contribution in [1.29, 1.82) is 0 Å². The van der Waals surface area contributed by atoms with Crippen molar-refractivity contribution in [1.82, 2.24) is 20.2 Å². The van der Waals surface area contributed by atoms with Gasteiger partial charge >= 0.3 is 12.4 Å². The molecular weight excluding hydrogens is 571 g/mol. The fourth-order valence-corrected chi connectivity index (χ4v) is 4.81. The molecule has 0 aliphatic carbocycles. The Kier molecular flexibility index (Phi) is 8.06. The normalized spacial score (nSPS) is 14.6. The van der Waals surface area contributed by atoms with Gasteiger partial charge in [-0.3, -0.25) is 9.69 Å². The SMILES string of the molecule is Cc1ccc(C)c(N2C(=O)CS/C2=N\C(=O)N/N=C/c2ccc(-c3ncn(-c4ccc(OC(F)(F)F)cc4)n3)cc2)c1. The monoisotopic (exact) mass is 593 g/mol. The summed E-state index contributed by atoms with van der Waals surface area (Å²) in [5.74, 6) is 0.0944. The number of nitrogens with one attached hydrogen (secondary N) is 1. The third-order valence-electron chi connectivity index (χ3n) is 5.94. The van der Waals surface area contributed by atoms with E-state index in [9.17, 15) is 22.8 Å². The Labute approximate surface area is 241 Å². The highest BCUT2D eigenvalue weighted by Crippen LogP contribution is 2.30. The van der Waals surface area contributed by atoms with Crippen LogP contribution in [0.5, 0.6) is 5.75 Å². The Morgan fingerprint density at radius 3 is 2.52 bits per heavy atom. The number of carbonyl (C=O) groups is 2. The maximum atomic E-state index is 12.5. The third kappa shape index (κ3) is 6.83. The highest BCUT2D eigenvalue weighted by Gasteiger charge is 2.32. The summed E-state index contributed by atoms with van der Waals surface area (Å²) in [5, 5.41) is 8.60. The van der Waals surface area contributed by atoms with E-state index >= 15 is 0 Å². The molecule has 3 amide bonds. The Morgan fingerprint density at radius 1 is 1.07 bits per heavy atom. The predicted octanol–water partition coefficient (Wildman–Crippen LogP) is 5.63. The number of hydrogen-bond acceptors (Lipinski definition) is 7. The van der Waals surface area contributed by atoms with E-state index in [-0.39, 0.29) is 22.6 Å². The van der Waals surface area contributed by atoms with Gasteiger partial charge in [-0.05, 0) is 60.9 Å². The standard InChI is InChI=1S/C28H22F3N7O3S/c1-17-3-4-18(2)23(13-17)38-24(39)15-42-27(38)34-26(40)35-33-14-19-5-7-20(8-6-19)25-32-16-37(36-25)21-9-11-22(12-10-21)41-28(29,30)31/h3-14,16H,15H2,1-2H3,(H,35,40)/b33-14+,34-27-. The lowest BCUT2D eigenvalue weighted by atomic mass is 10.1. The lowest BCUT2D eigenvalue weighted by Gasteiger charge is -2.18. The smallest absolute Gasteiger partial charge is 0.406 e. The molecule has 5 rings (SSSR count). The minimum absolute atomic E-state index is 0.156. The molecule has 0 atom stereocenters. The summed E-state index contributed by atoms with van der Waals surface area (Å²) in [7, 11) is 0. The van der Waals surface area contributed by atoms with Gasteiger partial charge in [-0.15, -0.1) is 18.3 Å². The lowest BCUT2D eigenvalue weighted by molar-refractivity contribution is -0.274. The number of amidine groups is 1. The fraction of sp³-hybridized carbons (Fsp3) is 0.143. The van der Waals surface area contributed by atoms with E-state index in [1.54, 1.807) is 24.3 Å². The van der Waals surface area contributed by atoms with Crippen LogP contribution < -0.4 is 15.1 Å². The molecule has 1 N–H and O–H groups in total. The zero-order valence-corrected chi connectivity index (χ0v) is 23.0. The predicted molar refractivity (Wildman–Crippen MR) is 153 cm³/mol. The molecule has 42 heavy (non-hydrogen) atoms. The molecule has 1 saturated heterocycles. The van der Waals surface area contributed by atoms with E-state index < -0.39 is 12.4 Å². The van der Waals surface area contributed by atoms with Crippen molar-refractivity contribution >= 4 is 40.8 Å². The maximum absolute atomic E-state index is 12.5. The molecule has 2 heterocycles. The molecular formula is C28H22F3N7O3S.